The van der Waals surface area contributed by atoms with Gasteiger partial charge in [0.15, 0.2) is 5.52 Å². The molecule has 8 nitrogen and oxygen atoms in total. The molecule has 1 amide bonds. The van der Waals surface area contributed by atoms with Gasteiger partial charge in [0.2, 0.25) is 5.88 Å². The number of halogens is 4. The zero-order valence-electron chi connectivity index (χ0n) is 18.9. The summed E-state index contributed by atoms with van der Waals surface area (Å²) < 4.78 is 48.7. The third kappa shape index (κ3) is 4.22. The highest BCUT2D eigenvalue weighted by Gasteiger charge is 2.35. The zero-order chi connectivity index (χ0) is 25.6. The minimum absolute atomic E-state index is 0.152. The van der Waals surface area contributed by atoms with E-state index in [4.69, 9.17) is 16.3 Å². The second-order valence-corrected chi connectivity index (χ2v) is 8.45. The molecule has 0 unspecified atom stereocenters. The lowest BCUT2D eigenvalue weighted by Gasteiger charge is -2.17. The fourth-order valence-corrected chi connectivity index (χ4v) is 4.10. The summed E-state index contributed by atoms with van der Waals surface area (Å²) >= 11 is 6.00. The molecule has 184 valence electrons. The molecule has 3 heterocycles. The van der Waals surface area contributed by atoms with Crippen molar-refractivity contribution in [1.82, 2.24) is 29.8 Å². The monoisotopic (exact) mass is 514 g/mol. The van der Waals surface area contributed by atoms with Crippen LogP contribution in [0.2, 0.25) is 5.02 Å². The standard InChI is InChI=1S/C24H18ClF3N6O2/c1-12(21-32-16-5-4-14(25)10-17(16)33-21)31-22(35)13-3-6-18(15(9-13)24(26,27)28)34-11-30-20-19(34)7-8-29-23(20)36-2/h3-12H,1-2H3,(H,31,35)(H,32,33)/t12-/m0/s1. The highest BCUT2D eigenvalue weighted by atomic mass is 35.5. The first kappa shape index (κ1) is 23.6. The molecule has 0 aliphatic carbocycles. The number of carbonyl (C=O) groups excluding carboxylic acids is 1. The van der Waals surface area contributed by atoms with Gasteiger partial charge in [0, 0.05) is 16.8 Å². The molecule has 2 aromatic carbocycles. The van der Waals surface area contributed by atoms with Gasteiger partial charge >= 0.3 is 6.18 Å². The lowest BCUT2D eigenvalue weighted by Crippen LogP contribution is -2.27. The Labute approximate surface area is 207 Å². The number of hydrogen-bond acceptors (Lipinski definition) is 5. The maximum absolute atomic E-state index is 14.1. The van der Waals surface area contributed by atoms with Gasteiger partial charge in [-0.25, -0.2) is 15.0 Å². The summed E-state index contributed by atoms with van der Waals surface area (Å²) in [4.78, 5) is 28.5. The third-order valence-corrected chi connectivity index (χ3v) is 5.90. The predicted molar refractivity (Wildman–Crippen MR) is 127 cm³/mol. The zero-order valence-corrected chi connectivity index (χ0v) is 19.6. The number of nitrogens with one attached hydrogen (secondary N) is 2. The van der Waals surface area contributed by atoms with Crippen LogP contribution >= 0.6 is 11.6 Å². The van der Waals surface area contributed by atoms with Crippen LogP contribution in [0.4, 0.5) is 13.2 Å². The van der Waals surface area contributed by atoms with Crippen molar-refractivity contribution < 1.29 is 22.7 Å². The highest BCUT2D eigenvalue weighted by Crippen LogP contribution is 2.36. The van der Waals surface area contributed by atoms with Gasteiger partial charge in [-0.2, -0.15) is 13.2 Å². The number of carbonyl (C=O) groups is 1. The van der Waals surface area contributed by atoms with Gasteiger partial charge in [0.05, 0.1) is 41.0 Å². The molecule has 1 atom stereocenters. The molecular formula is C24H18ClF3N6O2. The molecule has 0 aliphatic heterocycles. The molecule has 5 aromatic rings. The Hall–Kier alpha value is -4.12. The minimum Gasteiger partial charge on any atom is -0.479 e. The molecule has 2 N–H and O–H groups in total. The molecule has 5 rings (SSSR count). The Morgan fingerprint density at radius 3 is 2.72 bits per heavy atom. The Kier molecular flexibility index (Phi) is 5.79. The topological polar surface area (TPSA) is 97.7 Å². The number of nitrogens with zero attached hydrogens (tertiary/aromatic N) is 4. The van der Waals surface area contributed by atoms with E-state index < -0.39 is 23.7 Å². The third-order valence-electron chi connectivity index (χ3n) is 5.67. The van der Waals surface area contributed by atoms with Crippen molar-refractivity contribution in [2.45, 2.75) is 19.1 Å². The van der Waals surface area contributed by atoms with E-state index in [0.29, 0.717) is 32.9 Å². The normalized spacial score (nSPS) is 12.7. The lowest BCUT2D eigenvalue weighted by atomic mass is 10.1. The molecule has 0 bridgehead atoms. The van der Waals surface area contributed by atoms with Crippen molar-refractivity contribution in [3.05, 3.63) is 77.0 Å². The Morgan fingerprint density at radius 1 is 1.17 bits per heavy atom. The summed E-state index contributed by atoms with van der Waals surface area (Å²) in [6.45, 7) is 1.68. The number of hydrogen-bond donors (Lipinski definition) is 2. The largest absolute Gasteiger partial charge is 0.479 e. The summed E-state index contributed by atoms with van der Waals surface area (Å²) in [5, 5.41) is 3.21. The van der Waals surface area contributed by atoms with E-state index in [1.165, 1.54) is 42.4 Å². The van der Waals surface area contributed by atoms with Gasteiger partial charge in [0.25, 0.3) is 5.91 Å². The fourth-order valence-electron chi connectivity index (χ4n) is 3.93. The van der Waals surface area contributed by atoms with Crippen LogP contribution in [0.15, 0.2) is 55.0 Å². The predicted octanol–water partition coefficient (Wildman–Crippen LogP) is 5.47. The average molecular weight is 515 g/mol. The van der Waals surface area contributed by atoms with Crippen LogP contribution in [-0.4, -0.2) is 37.5 Å². The van der Waals surface area contributed by atoms with E-state index in [2.05, 4.69) is 25.3 Å². The Bertz CT molecular complexity index is 1610. The molecule has 36 heavy (non-hydrogen) atoms. The van der Waals surface area contributed by atoms with Crippen LogP contribution in [-0.2, 0) is 6.18 Å². The number of ether oxygens (including phenoxy) is 1. The summed E-state index contributed by atoms with van der Waals surface area (Å²) in [6, 6.07) is 9.43. The Morgan fingerprint density at radius 2 is 1.97 bits per heavy atom. The van der Waals surface area contributed by atoms with Crippen molar-refractivity contribution in [3.8, 4) is 11.6 Å². The number of aromatic nitrogens is 5. The number of rotatable bonds is 5. The van der Waals surface area contributed by atoms with Crippen LogP contribution in [0, 0.1) is 0 Å². The molecule has 0 aliphatic rings. The van der Waals surface area contributed by atoms with Crippen molar-refractivity contribution in [1.29, 1.82) is 0 Å². The quantitative estimate of drug-likeness (QED) is 0.324. The number of alkyl halides is 3. The van der Waals surface area contributed by atoms with Crippen molar-refractivity contribution in [2.75, 3.05) is 7.11 Å². The number of imidazole rings is 2. The maximum Gasteiger partial charge on any atom is 0.418 e. The van der Waals surface area contributed by atoms with E-state index >= 15 is 0 Å². The molecular weight excluding hydrogens is 497 g/mol. The number of H-pyrrole nitrogens is 1. The molecule has 0 radical (unpaired) electrons. The van der Waals surface area contributed by atoms with Crippen LogP contribution < -0.4 is 10.1 Å². The van der Waals surface area contributed by atoms with Gasteiger partial charge in [-0.3, -0.25) is 9.36 Å². The van der Waals surface area contributed by atoms with Crippen LogP contribution in [0.3, 0.4) is 0 Å². The van der Waals surface area contributed by atoms with Gasteiger partial charge in [-0.15, -0.1) is 0 Å². The summed E-state index contributed by atoms with van der Waals surface area (Å²) in [7, 11) is 1.40. The second kappa shape index (κ2) is 8.83. The minimum atomic E-state index is -4.73. The molecule has 3 aromatic heterocycles. The maximum atomic E-state index is 14.1. The molecule has 12 heteroatoms. The van der Waals surface area contributed by atoms with Crippen molar-refractivity contribution in [3.63, 3.8) is 0 Å². The fraction of sp³-hybridized carbons (Fsp3) is 0.167. The first-order chi connectivity index (χ1) is 17.2. The van der Waals surface area contributed by atoms with Gasteiger partial charge < -0.3 is 15.0 Å². The summed E-state index contributed by atoms with van der Waals surface area (Å²) in [5.41, 5.74) is 0.702. The van der Waals surface area contributed by atoms with Crippen molar-refractivity contribution in [2.24, 2.45) is 0 Å². The number of benzene rings is 2. The SMILES string of the molecule is COc1nccc2c1ncn2-c1ccc(C(=O)N[C@@H](C)c2nc3ccc(Cl)cc3[nH]2)cc1C(F)(F)F. The number of pyridine rings is 1. The van der Waals surface area contributed by atoms with Crippen molar-refractivity contribution >= 4 is 39.6 Å². The lowest BCUT2D eigenvalue weighted by molar-refractivity contribution is -0.137. The summed E-state index contributed by atoms with van der Waals surface area (Å²) in [6.07, 6.45) is -2.06. The highest BCUT2D eigenvalue weighted by molar-refractivity contribution is 6.31. The van der Waals surface area contributed by atoms with Gasteiger partial charge in [-0.1, -0.05) is 11.6 Å². The molecule has 0 fully saturated rings. The molecule has 0 spiro atoms. The Balaban J connectivity index is 1.48. The van der Waals surface area contributed by atoms with E-state index in [-0.39, 0.29) is 17.1 Å². The van der Waals surface area contributed by atoms with Crippen LogP contribution in [0.5, 0.6) is 5.88 Å². The van der Waals surface area contributed by atoms with E-state index in [1.54, 1.807) is 25.1 Å². The number of amides is 1. The first-order valence-electron chi connectivity index (χ1n) is 10.7. The van der Waals surface area contributed by atoms with Gasteiger partial charge in [-0.05, 0) is 49.4 Å². The summed E-state index contributed by atoms with van der Waals surface area (Å²) in [5.74, 6) is -0.0437. The smallest absolute Gasteiger partial charge is 0.418 e. The van der Waals surface area contributed by atoms with Crippen LogP contribution in [0.25, 0.3) is 27.8 Å². The second-order valence-electron chi connectivity index (χ2n) is 8.01. The number of aromatic amines is 1. The van der Waals surface area contributed by atoms with E-state index in [0.717, 1.165) is 6.07 Å². The average Bonchev–Trinajstić information content (AvgIpc) is 3.47. The first-order valence-corrected chi connectivity index (χ1v) is 11.1. The van der Waals surface area contributed by atoms with E-state index in [9.17, 15) is 18.0 Å². The number of methoxy groups -OCH3 is 1. The number of fused-ring (bicyclic) bond motifs is 2. The molecule has 0 saturated heterocycles. The van der Waals surface area contributed by atoms with Crippen LogP contribution in [0.1, 0.15) is 34.7 Å². The molecule has 0 saturated carbocycles. The van der Waals surface area contributed by atoms with Gasteiger partial charge in [0.1, 0.15) is 12.2 Å². The van der Waals surface area contributed by atoms with E-state index in [1.807, 2.05) is 0 Å².